The Balaban J connectivity index is 1.90. The van der Waals surface area contributed by atoms with Crippen molar-refractivity contribution in [2.75, 3.05) is 26.3 Å². The lowest BCUT2D eigenvalue weighted by molar-refractivity contribution is -0.0500. The van der Waals surface area contributed by atoms with Gasteiger partial charge in [0.1, 0.15) is 12.2 Å². The Kier molecular flexibility index (Phi) is 5.78. The lowest BCUT2D eigenvalue weighted by Crippen LogP contribution is -2.49. The van der Waals surface area contributed by atoms with Gasteiger partial charge in [0.25, 0.3) is 0 Å². The van der Waals surface area contributed by atoms with Crippen molar-refractivity contribution in [3.05, 3.63) is 28.2 Å². The third kappa shape index (κ3) is 4.18. The number of piperidine rings is 1. The van der Waals surface area contributed by atoms with Crippen molar-refractivity contribution in [3.63, 3.8) is 0 Å². The fraction of sp³-hybridized carbons (Fsp3) is 0.533. The number of hydrogen-bond acceptors (Lipinski definition) is 4. The number of carbonyl (C=O) groups is 1. The van der Waals surface area contributed by atoms with Crippen molar-refractivity contribution < 1.29 is 19.4 Å². The molecule has 0 radical (unpaired) electrons. The Morgan fingerprint density at radius 1 is 1.32 bits per heavy atom. The van der Waals surface area contributed by atoms with E-state index in [-0.39, 0.29) is 12.7 Å². The lowest BCUT2D eigenvalue weighted by atomic mass is 9.92. The molecule has 1 saturated heterocycles. The molecule has 1 aliphatic heterocycles. The molecule has 1 heterocycles. The molecule has 22 heavy (non-hydrogen) atoms. The molecule has 0 atom stereocenters. The van der Waals surface area contributed by atoms with Gasteiger partial charge in [-0.05, 0) is 31.9 Å². The number of carbonyl (C=O) groups excluding carboxylic acids is 1. The van der Waals surface area contributed by atoms with Gasteiger partial charge in [-0.25, -0.2) is 4.79 Å². The Morgan fingerprint density at radius 3 is 2.45 bits per heavy atom. The highest BCUT2D eigenvalue weighted by Crippen LogP contribution is 2.34. The molecule has 0 spiro atoms. The number of benzene rings is 1. The Bertz CT molecular complexity index is 510. The normalized spacial score (nSPS) is 17.2. The number of nitrogens with zero attached hydrogens (tertiary/aromatic N) is 1. The fourth-order valence-corrected chi connectivity index (χ4v) is 2.80. The van der Waals surface area contributed by atoms with Gasteiger partial charge < -0.3 is 19.5 Å². The Labute approximate surface area is 139 Å². The van der Waals surface area contributed by atoms with Gasteiger partial charge in [0.15, 0.2) is 5.75 Å². The quantitative estimate of drug-likeness (QED) is 0.907. The minimum atomic E-state index is -1.01. The molecule has 1 amide bonds. The maximum absolute atomic E-state index is 11.6. The molecular weight excluding hydrogens is 329 g/mol. The van der Waals surface area contributed by atoms with Crippen molar-refractivity contribution >= 4 is 29.3 Å². The van der Waals surface area contributed by atoms with E-state index in [0.717, 1.165) is 0 Å². The number of likely N-dealkylation sites (tertiary alicyclic amines) is 1. The maximum atomic E-state index is 11.6. The van der Waals surface area contributed by atoms with E-state index in [1.165, 1.54) is 0 Å². The second kappa shape index (κ2) is 7.40. The Hall–Kier alpha value is -1.17. The predicted molar refractivity (Wildman–Crippen MR) is 84.7 cm³/mol. The average Bonchev–Trinajstić information content (AvgIpc) is 2.47. The maximum Gasteiger partial charge on any atom is 0.409 e. The average molecular weight is 348 g/mol. The summed E-state index contributed by atoms with van der Waals surface area (Å²) < 4.78 is 10.6. The number of hydrogen-bond donors (Lipinski definition) is 1. The van der Waals surface area contributed by atoms with Crippen molar-refractivity contribution in [3.8, 4) is 5.75 Å². The molecular formula is C15H19Cl2NO4. The number of rotatable bonds is 4. The van der Waals surface area contributed by atoms with Crippen molar-refractivity contribution in [1.29, 1.82) is 0 Å². The molecule has 1 aliphatic rings. The van der Waals surface area contributed by atoms with E-state index in [2.05, 4.69) is 0 Å². The summed E-state index contributed by atoms with van der Waals surface area (Å²) in [5.74, 6) is 0.368. The molecule has 2 rings (SSSR count). The molecule has 122 valence electrons. The second-order valence-corrected chi connectivity index (χ2v) is 6.06. The van der Waals surface area contributed by atoms with E-state index in [0.29, 0.717) is 48.3 Å². The van der Waals surface area contributed by atoms with Crippen LogP contribution in [0, 0.1) is 0 Å². The van der Waals surface area contributed by atoms with Gasteiger partial charge in [-0.15, -0.1) is 0 Å². The zero-order valence-electron chi connectivity index (χ0n) is 12.3. The van der Waals surface area contributed by atoms with Crippen LogP contribution in [0.3, 0.4) is 0 Å². The third-order valence-corrected chi connectivity index (χ3v) is 4.22. The van der Waals surface area contributed by atoms with Crippen molar-refractivity contribution in [2.24, 2.45) is 0 Å². The SMILES string of the molecule is CCOC(=O)N1CCC(O)(COc2c(Cl)cccc2Cl)CC1. The van der Waals surface area contributed by atoms with E-state index in [9.17, 15) is 9.90 Å². The van der Waals surface area contributed by atoms with Gasteiger partial charge >= 0.3 is 6.09 Å². The third-order valence-electron chi connectivity index (χ3n) is 3.62. The summed E-state index contributed by atoms with van der Waals surface area (Å²) in [6.45, 7) is 3.03. The summed E-state index contributed by atoms with van der Waals surface area (Å²) in [5, 5.41) is 11.4. The van der Waals surface area contributed by atoms with Crippen LogP contribution in [-0.4, -0.2) is 48.0 Å². The molecule has 7 heteroatoms. The van der Waals surface area contributed by atoms with Crippen LogP contribution in [0.15, 0.2) is 18.2 Å². The van der Waals surface area contributed by atoms with Crippen LogP contribution in [-0.2, 0) is 4.74 Å². The van der Waals surface area contributed by atoms with Crippen LogP contribution in [0.25, 0.3) is 0 Å². The largest absolute Gasteiger partial charge is 0.487 e. The first kappa shape index (κ1) is 17.2. The summed E-state index contributed by atoms with van der Waals surface area (Å²) >= 11 is 12.1. The van der Waals surface area contributed by atoms with Crippen LogP contribution in [0.1, 0.15) is 19.8 Å². The van der Waals surface area contributed by atoms with Crippen molar-refractivity contribution in [1.82, 2.24) is 4.90 Å². The van der Waals surface area contributed by atoms with Crippen LogP contribution in [0.5, 0.6) is 5.75 Å². The van der Waals surface area contributed by atoms with Crippen LogP contribution in [0.2, 0.25) is 10.0 Å². The van der Waals surface area contributed by atoms with Crippen molar-refractivity contribution in [2.45, 2.75) is 25.4 Å². The zero-order chi connectivity index (χ0) is 16.2. The molecule has 5 nitrogen and oxygen atoms in total. The van der Waals surface area contributed by atoms with E-state index in [1.807, 2.05) is 0 Å². The predicted octanol–water partition coefficient (Wildman–Crippen LogP) is 3.36. The van der Waals surface area contributed by atoms with Crippen LogP contribution >= 0.6 is 23.2 Å². The van der Waals surface area contributed by atoms with Gasteiger partial charge in [0.05, 0.1) is 16.7 Å². The molecule has 1 N–H and O–H groups in total. The van der Waals surface area contributed by atoms with Crippen LogP contribution < -0.4 is 4.74 Å². The molecule has 1 aromatic rings. The topological polar surface area (TPSA) is 59.0 Å². The van der Waals surface area contributed by atoms with Crippen LogP contribution in [0.4, 0.5) is 4.79 Å². The second-order valence-electron chi connectivity index (χ2n) is 5.25. The molecule has 1 fully saturated rings. The molecule has 1 aromatic carbocycles. The van der Waals surface area contributed by atoms with E-state index in [1.54, 1.807) is 30.0 Å². The zero-order valence-corrected chi connectivity index (χ0v) is 13.9. The molecule has 0 bridgehead atoms. The van der Waals surface area contributed by atoms with E-state index >= 15 is 0 Å². The van der Waals surface area contributed by atoms with Gasteiger partial charge in [0.2, 0.25) is 0 Å². The standard InChI is InChI=1S/C15H19Cl2NO4/c1-2-21-14(19)18-8-6-15(20,7-9-18)10-22-13-11(16)4-3-5-12(13)17/h3-5,20H,2,6-10H2,1H3. The Morgan fingerprint density at radius 2 is 1.91 bits per heavy atom. The minimum Gasteiger partial charge on any atom is -0.487 e. The monoisotopic (exact) mass is 347 g/mol. The molecule has 0 aliphatic carbocycles. The first-order valence-corrected chi connectivity index (χ1v) is 7.92. The first-order valence-electron chi connectivity index (χ1n) is 7.16. The van der Waals surface area contributed by atoms with E-state index < -0.39 is 5.60 Å². The first-order chi connectivity index (χ1) is 10.4. The van der Waals surface area contributed by atoms with E-state index in [4.69, 9.17) is 32.7 Å². The highest BCUT2D eigenvalue weighted by Gasteiger charge is 2.35. The highest BCUT2D eigenvalue weighted by molar-refractivity contribution is 6.37. The minimum absolute atomic E-state index is 0.0765. The number of aliphatic hydroxyl groups is 1. The van der Waals surface area contributed by atoms with Gasteiger partial charge in [-0.2, -0.15) is 0 Å². The number of ether oxygens (including phenoxy) is 2. The number of para-hydroxylation sites is 1. The summed E-state index contributed by atoms with van der Waals surface area (Å²) in [7, 11) is 0. The summed E-state index contributed by atoms with van der Waals surface area (Å²) in [6, 6.07) is 5.08. The van der Waals surface area contributed by atoms with Gasteiger partial charge in [-0.1, -0.05) is 29.3 Å². The van der Waals surface area contributed by atoms with Gasteiger partial charge in [-0.3, -0.25) is 0 Å². The summed E-state index contributed by atoms with van der Waals surface area (Å²) in [5.41, 5.74) is -1.01. The summed E-state index contributed by atoms with van der Waals surface area (Å²) in [6.07, 6.45) is 0.474. The molecule has 0 saturated carbocycles. The summed E-state index contributed by atoms with van der Waals surface area (Å²) in [4.78, 5) is 13.2. The fourth-order valence-electron chi connectivity index (χ4n) is 2.29. The number of halogens is 2. The lowest BCUT2D eigenvalue weighted by Gasteiger charge is -2.37. The molecule has 0 aromatic heterocycles. The molecule has 0 unspecified atom stereocenters. The highest BCUT2D eigenvalue weighted by atomic mass is 35.5. The number of amides is 1. The smallest absolute Gasteiger partial charge is 0.409 e. The van der Waals surface area contributed by atoms with Gasteiger partial charge in [0, 0.05) is 13.1 Å².